The summed E-state index contributed by atoms with van der Waals surface area (Å²) in [4.78, 5) is 21.5. The fourth-order valence-corrected chi connectivity index (χ4v) is 2.22. The molecule has 0 bridgehead atoms. The van der Waals surface area contributed by atoms with Gasteiger partial charge in [0.1, 0.15) is 11.5 Å². The summed E-state index contributed by atoms with van der Waals surface area (Å²) in [5, 5.41) is 10.8. The molecule has 16 heavy (non-hydrogen) atoms. The Balaban J connectivity index is 4.19. The third-order valence-corrected chi connectivity index (χ3v) is 3.21. The lowest BCUT2D eigenvalue weighted by Crippen LogP contribution is -2.37. The molecule has 0 aliphatic heterocycles. The zero-order chi connectivity index (χ0) is 12.8. The number of carbonyl (C=O) groups excluding carboxylic acids is 1. The highest BCUT2D eigenvalue weighted by Crippen LogP contribution is 1.96. The van der Waals surface area contributed by atoms with Crippen LogP contribution in [0, 0.1) is 0 Å². The molecule has 0 spiro atoms. The van der Waals surface area contributed by atoms with E-state index in [0.717, 1.165) is 12.8 Å². The molecule has 0 rings (SSSR count). The molecule has 0 aromatic carbocycles. The summed E-state index contributed by atoms with van der Waals surface area (Å²) in [5.74, 6) is -3.88. The first-order valence-electron chi connectivity index (χ1n) is 4.98. The number of carboxylic acids is 1. The summed E-state index contributed by atoms with van der Waals surface area (Å²) in [6.07, 6.45) is 1.63. The van der Waals surface area contributed by atoms with Crippen LogP contribution in [-0.2, 0) is 19.4 Å². The van der Waals surface area contributed by atoms with Gasteiger partial charge in [-0.3, -0.25) is 9.59 Å². The topological polar surface area (TPSA) is 101 Å². The van der Waals surface area contributed by atoms with Crippen LogP contribution < -0.4 is 5.32 Å². The Morgan fingerprint density at radius 2 is 1.88 bits per heavy atom. The van der Waals surface area contributed by atoms with Gasteiger partial charge in [-0.25, -0.2) is 8.42 Å². The quantitative estimate of drug-likeness (QED) is 0.652. The van der Waals surface area contributed by atoms with Crippen LogP contribution in [0.1, 0.15) is 26.7 Å². The Labute approximate surface area is 95.0 Å². The predicted octanol–water partition coefficient (Wildman–Crippen LogP) is -0.209. The summed E-state index contributed by atoms with van der Waals surface area (Å²) < 4.78 is 22.3. The zero-order valence-electron chi connectivity index (χ0n) is 9.39. The van der Waals surface area contributed by atoms with Gasteiger partial charge in [0.05, 0.1) is 0 Å². The monoisotopic (exact) mass is 251 g/mol. The standard InChI is InChI=1S/C9H17NO5S/c1-3-4-7(2)10-8(11)5-16(14,15)6-9(12)13/h7H,3-6H2,1-2H3,(H,10,11)(H,12,13). The summed E-state index contributed by atoms with van der Waals surface area (Å²) >= 11 is 0. The largest absolute Gasteiger partial charge is 0.480 e. The van der Waals surface area contributed by atoms with E-state index >= 15 is 0 Å². The van der Waals surface area contributed by atoms with Crippen molar-refractivity contribution in [1.29, 1.82) is 0 Å². The maximum absolute atomic E-state index is 11.2. The summed E-state index contributed by atoms with van der Waals surface area (Å²) in [6, 6.07) is -0.0995. The minimum atomic E-state index is -3.85. The number of hydrogen-bond donors (Lipinski definition) is 2. The predicted molar refractivity (Wildman–Crippen MR) is 58.8 cm³/mol. The van der Waals surface area contributed by atoms with Crippen LogP contribution in [0.25, 0.3) is 0 Å². The molecule has 0 aliphatic carbocycles. The Hall–Kier alpha value is -1.11. The Morgan fingerprint density at radius 3 is 2.31 bits per heavy atom. The number of carboxylic acid groups (broad SMARTS) is 1. The Kier molecular flexibility index (Phi) is 6.02. The van der Waals surface area contributed by atoms with Crippen molar-refractivity contribution in [2.24, 2.45) is 0 Å². The molecule has 0 fully saturated rings. The fraction of sp³-hybridized carbons (Fsp3) is 0.778. The van der Waals surface area contributed by atoms with Crippen LogP contribution in [0.15, 0.2) is 0 Å². The van der Waals surface area contributed by atoms with Crippen molar-refractivity contribution in [3.8, 4) is 0 Å². The van der Waals surface area contributed by atoms with Crippen molar-refractivity contribution in [1.82, 2.24) is 5.32 Å². The first-order chi connectivity index (χ1) is 7.26. The molecule has 6 nitrogen and oxygen atoms in total. The lowest BCUT2D eigenvalue weighted by atomic mass is 10.2. The molecule has 0 radical (unpaired) electrons. The average molecular weight is 251 g/mol. The molecule has 1 unspecified atom stereocenters. The van der Waals surface area contributed by atoms with E-state index in [2.05, 4.69) is 5.32 Å². The van der Waals surface area contributed by atoms with E-state index in [0.29, 0.717) is 0 Å². The number of hydrogen-bond acceptors (Lipinski definition) is 4. The highest BCUT2D eigenvalue weighted by atomic mass is 32.2. The molecule has 0 aromatic heterocycles. The molecular formula is C9H17NO5S. The van der Waals surface area contributed by atoms with E-state index < -0.39 is 33.2 Å². The molecule has 7 heteroatoms. The molecule has 0 saturated heterocycles. The van der Waals surface area contributed by atoms with Crippen molar-refractivity contribution in [2.45, 2.75) is 32.7 Å². The summed E-state index contributed by atoms with van der Waals surface area (Å²) in [5.41, 5.74) is 0. The molecule has 0 aromatic rings. The maximum atomic E-state index is 11.2. The molecular weight excluding hydrogens is 234 g/mol. The molecule has 1 atom stereocenters. The Morgan fingerprint density at radius 1 is 1.31 bits per heavy atom. The van der Waals surface area contributed by atoms with Crippen LogP contribution in [0.3, 0.4) is 0 Å². The summed E-state index contributed by atoms with van der Waals surface area (Å²) in [7, 11) is -3.85. The SMILES string of the molecule is CCCC(C)NC(=O)CS(=O)(=O)CC(=O)O. The van der Waals surface area contributed by atoms with Gasteiger partial charge in [0, 0.05) is 6.04 Å². The van der Waals surface area contributed by atoms with Gasteiger partial charge >= 0.3 is 5.97 Å². The third-order valence-electron chi connectivity index (χ3n) is 1.82. The number of carbonyl (C=O) groups is 2. The highest BCUT2D eigenvalue weighted by Gasteiger charge is 2.20. The molecule has 2 N–H and O–H groups in total. The molecule has 94 valence electrons. The van der Waals surface area contributed by atoms with E-state index in [4.69, 9.17) is 5.11 Å². The number of amides is 1. The van der Waals surface area contributed by atoms with E-state index in [1.165, 1.54) is 0 Å². The second kappa shape index (κ2) is 6.47. The van der Waals surface area contributed by atoms with Gasteiger partial charge in [0.2, 0.25) is 5.91 Å². The normalized spacial score (nSPS) is 13.1. The number of aliphatic carboxylic acids is 1. The smallest absolute Gasteiger partial charge is 0.318 e. The van der Waals surface area contributed by atoms with Gasteiger partial charge in [-0.1, -0.05) is 13.3 Å². The Bertz CT molecular complexity index is 349. The lowest BCUT2D eigenvalue weighted by Gasteiger charge is -2.12. The third kappa shape index (κ3) is 7.22. The van der Waals surface area contributed by atoms with Crippen LogP contribution in [0.2, 0.25) is 0 Å². The van der Waals surface area contributed by atoms with Crippen molar-refractivity contribution < 1.29 is 23.1 Å². The van der Waals surface area contributed by atoms with E-state index in [9.17, 15) is 18.0 Å². The van der Waals surface area contributed by atoms with E-state index in [1.807, 2.05) is 6.92 Å². The molecule has 0 heterocycles. The number of rotatable bonds is 7. The number of sulfone groups is 1. The molecule has 0 saturated carbocycles. The average Bonchev–Trinajstić information content (AvgIpc) is 1.98. The maximum Gasteiger partial charge on any atom is 0.318 e. The molecule has 1 amide bonds. The van der Waals surface area contributed by atoms with Crippen LogP contribution in [0.5, 0.6) is 0 Å². The van der Waals surface area contributed by atoms with Gasteiger partial charge in [-0.15, -0.1) is 0 Å². The lowest BCUT2D eigenvalue weighted by molar-refractivity contribution is -0.134. The second-order valence-corrected chi connectivity index (χ2v) is 5.75. The van der Waals surface area contributed by atoms with Gasteiger partial charge < -0.3 is 10.4 Å². The summed E-state index contributed by atoms with van der Waals surface area (Å²) in [6.45, 7) is 3.72. The van der Waals surface area contributed by atoms with Gasteiger partial charge in [0.25, 0.3) is 0 Å². The van der Waals surface area contributed by atoms with Crippen molar-refractivity contribution >= 4 is 21.7 Å². The van der Waals surface area contributed by atoms with Crippen molar-refractivity contribution in [2.75, 3.05) is 11.5 Å². The number of nitrogens with one attached hydrogen (secondary N) is 1. The minimum absolute atomic E-state index is 0.0995. The van der Waals surface area contributed by atoms with Crippen LogP contribution in [-0.4, -0.2) is 42.9 Å². The second-order valence-electron chi connectivity index (χ2n) is 3.68. The van der Waals surface area contributed by atoms with Gasteiger partial charge in [0.15, 0.2) is 9.84 Å². The van der Waals surface area contributed by atoms with Crippen LogP contribution >= 0.6 is 0 Å². The fourth-order valence-electron chi connectivity index (χ4n) is 1.26. The first kappa shape index (κ1) is 14.9. The van der Waals surface area contributed by atoms with E-state index in [1.54, 1.807) is 6.92 Å². The molecule has 0 aliphatic rings. The minimum Gasteiger partial charge on any atom is -0.480 e. The van der Waals surface area contributed by atoms with Crippen LogP contribution in [0.4, 0.5) is 0 Å². The van der Waals surface area contributed by atoms with E-state index in [-0.39, 0.29) is 6.04 Å². The van der Waals surface area contributed by atoms with Gasteiger partial charge in [-0.05, 0) is 13.3 Å². The van der Waals surface area contributed by atoms with Gasteiger partial charge in [-0.2, -0.15) is 0 Å². The first-order valence-corrected chi connectivity index (χ1v) is 6.80. The highest BCUT2D eigenvalue weighted by molar-refractivity contribution is 7.92. The van der Waals surface area contributed by atoms with Crippen molar-refractivity contribution in [3.05, 3.63) is 0 Å². The van der Waals surface area contributed by atoms with Crippen molar-refractivity contribution in [3.63, 3.8) is 0 Å². The zero-order valence-corrected chi connectivity index (χ0v) is 10.2.